The molecule has 0 saturated heterocycles. The van der Waals surface area contributed by atoms with Gasteiger partial charge >= 0.3 is 0 Å². The van der Waals surface area contributed by atoms with E-state index in [1.165, 1.54) is 73.5 Å². The van der Waals surface area contributed by atoms with Crippen molar-refractivity contribution in [3.63, 3.8) is 0 Å². The first-order chi connectivity index (χ1) is 25.3. The van der Waals surface area contributed by atoms with Crippen molar-refractivity contribution >= 4 is 117 Å². The Hall–Kier alpha value is -6.14. The summed E-state index contributed by atoms with van der Waals surface area (Å²) in [7, 11) is 0. The van der Waals surface area contributed by atoms with Gasteiger partial charge in [-0.3, -0.25) is 4.57 Å². The van der Waals surface area contributed by atoms with Gasteiger partial charge in [0, 0.05) is 41.9 Å². The Morgan fingerprint density at radius 3 is 1.98 bits per heavy atom. The highest BCUT2D eigenvalue weighted by atomic mass is 32.1. The minimum atomic E-state index is 0.856. The Labute approximate surface area is 299 Å². The molecule has 0 aliphatic rings. The number of rotatable bonds is 2. The summed E-state index contributed by atoms with van der Waals surface area (Å²) < 4.78 is 6.21. The Bertz CT molecular complexity index is 3440. The second-order valence-corrected chi connectivity index (χ2v) is 15.4. The summed E-state index contributed by atoms with van der Waals surface area (Å²) in [5.41, 5.74) is 5.20. The first kappa shape index (κ1) is 27.7. The van der Waals surface area contributed by atoms with Crippen LogP contribution in [-0.4, -0.2) is 14.5 Å². The van der Waals surface area contributed by atoms with E-state index < -0.39 is 0 Å². The summed E-state index contributed by atoms with van der Waals surface area (Å²) in [5.74, 6) is 0.856. The standard InChI is InChI=1S/C46H25N3S2/c1-2-13-28-25-29(22-21-26(28)11-1)40-45(48-46-41(47-40)34-18-8-10-20-37(34)50-46)49-36-19-9-7-17-33(36)38-31-15-5-6-16-32(31)39-35-24-23-27-12-3-4-14-30(27)43(35)51-44(39)42(38)49/h1-25H. The molecular formula is C46H25N3S2. The quantitative estimate of drug-likeness (QED) is 0.182. The van der Waals surface area contributed by atoms with Crippen molar-refractivity contribution < 1.29 is 0 Å². The van der Waals surface area contributed by atoms with E-state index >= 15 is 0 Å². The van der Waals surface area contributed by atoms with Gasteiger partial charge in [-0.15, -0.1) is 22.7 Å². The van der Waals surface area contributed by atoms with Gasteiger partial charge in [-0.25, -0.2) is 9.97 Å². The lowest BCUT2D eigenvalue weighted by Gasteiger charge is -2.14. The minimum Gasteiger partial charge on any atom is -0.290 e. The molecule has 236 valence electrons. The molecule has 0 amide bonds. The number of hydrogen-bond acceptors (Lipinski definition) is 4. The molecule has 12 aromatic rings. The van der Waals surface area contributed by atoms with Gasteiger partial charge in [0.2, 0.25) is 0 Å². The molecule has 8 aromatic carbocycles. The van der Waals surface area contributed by atoms with Gasteiger partial charge in [-0.1, -0.05) is 133 Å². The fraction of sp³-hybridized carbons (Fsp3) is 0. The minimum absolute atomic E-state index is 0.856. The van der Waals surface area contributed by atoms with Gasteiger partial charge in [0.1, 0.15) is 16.0 Å². The molecule has 4 heterocycles. The predicted molar refractivity (Wildman–Crippen MR) is 220 cm³/mol. The molecule has 5 heteroatoms. The van der Waals surface area contributed by atoms with E-state index in [0.29, 0.717) is 0 Å². The third-order valence-electron chi connectivity index (χ3n) is 10.6. The largest absolute Gasteiger partial charge is 0.290 e. The number of thiophene rings is 2. The molecule has 0 bridgehead atoms. The topological polar surface area (TPSA) is 30.7 Å². The van der Waals surface area contributed by atoms with E-state index in [2.05, 4.69) is 156 Å². The highest BCUT2D eigenvalue weighted by molar-refractivity contribution is 7.28. The lowest BCUT2D eigenvalue weighted by atomic mass is 9.98. The zero-order valence-electron chi connectivity index (χ0n) is 27.1. The summed E-state index contributed by atoms with van der Waals surface area (Å²) in [6.07, 6.45) is 0. The average molecular weight is 684 g/mol. The summed E-state index contributed by atoms with van der Waals surface area (Å²) in [5, 5.41) is 13.7. The molecule has 4 aromatic heterocycles. The highest BCUT2D eigenvalue weighted by Crippen LogP contribution is 2.50. The van der Waals surface area contributed by atoms with E-state index in [1.807, 2.05) is 11.3 Å². The third-order valence-corrected chi connectivity index (χ3v) is 12.9. The molecule has 12 rings (SSSR count). The molecule has 51 heavy (non-hydrogen) atoms. The number of para-hydroxylation sites is 1. The fourth-order valence-corrected chi connectivity index (χ4v) is 10.7. The van der Waals surface area contributed by atoms with Crippen LogP contribution in [0.5, 0.6) is 0 Å². The normalized spacial score (nSPS) is 12.3. The Morgan fingerprint density at radius 2 is 1.12 bits per heavy atom. The molecule has 0 N–H and O–H groups in total. The van der Waals surface area contributed by atoms with Crippen LogP contribution in [0.15, 0.2) is 152 Å². The molecule has 3 nitrogen and oxygen atoms in total. The van der Waals surface area contributed by atoms with Crippen LogP contribution in [0.4, 0.5) is 0 Å². The average Bonchev–Trinajstić information content (AvgIpc) is 3.87. The molecule has 0 atom stereocenters. The number of nitrogens with zero attached hydrogens (tertiary/aromatic N) is 3. The van der Waals surface area contributed by atoms with Gasteiger partial charge in [-0.2, -0.15) is 0 Å². The molecule has 0 spiro atoms. The van der Waals surface area contributed by atoms with Gasteiger partial charge in [-0.05, 0) is 50.5 Å². The second-order valence-electron chi connectivity index (χ2n) is 13.3. The van der Waals surface area contributed by atoms with Crippen molar-refractivity contribution in [2.45, 2.75) is 0 Å². The molecule has 0 aliphatic heterocycles. The van der Waals surface area contributed by atoms with Crippen molar-refractivity contribution in [1.29, 1.82) is 0 Å². The fourth-order valence-electron chi connectivity index (χ4n) is 8.33. The summed E-state index contributed by atoms with van der Waals surface area (Å²) >= 11 is 3.62. The van der Waals surface area contributed by atoms with Crippen molar-refractivity contribution in [3.8, 4) is 17.1 Å². The van der Waals surface area contributed by atoms with Crippen molar-refractivity contribution in [2.75, 3.05) is 0 Å². The monoisotopic (exact) mass is 683 g/mol. The van der Waals surface area contributed by atoms with Gasteiger partial charge in [0.15, 0.2) is 5.82 Å². The third kappa shape index (κ3) is 3.77. The zero-order valence-corrected chi connectivity index (χ0v) is 28.7. The number of benzene rings is 8. The molecule has 0 aliphatic carbocycles. The molecule has 0 saturated carbocycles. The summed E-state index contributed by atoms with van der Waals surface area (Å²) in [4.78, 5) is 12.1. The van der Waals surface area contributed by atoms with Gasteiger partial charge in [0.05, 0.1) is 15.7 Å². The molecular weight excluding hydrogens is 659 g/mol. The predicted octanol–water partition coefficient (Wildman–Crippen LogP) is 13.4. The number of fused-ring (bicyclic) bond motifs is 16. The first-order valence-electron chi connectivity index (χ1n) is 17.2. The van der Waals surface area contributed by atoms with Gasteiger partial charge in [0.25, 0.3) is 0 Å². The van der Waals surface area contributed by atoms with Crippen molar-refractivity contribution in [1.82, 2.24) is 14.5 Å². The van der Waals surface area contributed by atoms with E-state index in [0.717, 1.165) is 38.3 Å². The zero-order chi connectivity index (χ0) is 33.2. The van der Waals surface area contributed by atoms with E-state index in [4.69, 9.17) is 9.97 Å². The van der Waals surface area contributed by atoms with Crippen LogP contribution in [0.1, 0.15) is 0 Å². The van der Waals surface area contributed by atoms with E-state index in [9.17, 15) is 0 Å². The lowest BCUT2D eigenvalue weighted by Crippen LogP contribution is -2.03. The van der Waals surface area contributed by atoms with Crippen LogP contribution in [0, 0.1) is 0 Å². The van der Waals surface area contributed by atoms with Crippen LogP contribution >= 0.6 is 22.7 Å². The smallest absolute Gasteiger partial charge is 0.166 e. The molecule has 0 radical (unpaired) electrons. The maximum Gasteiger partial charge on any atom is 0.166 e. The maximum atomic E-state index is 5.63. The van der Waals surface area contributed by atoms with E-state index in [-0.39, 0.29) is 0 Å². The van der Waals surface area contributed by atoms with Crippen molar-refractivity contribution in [2.24, 2.45) is 0 Å². The lowest BCUT2D eigenvalue weighted by molar-refractivity contribution is 1.09. The maximum absolute atomic E-state index is 5.63. The van der Waals surface area contributed by atoms with Crippen molar-refractivity contribution in [3.05, 3.63) is 152 Å². The summed E-state index contributed by atoms with van der Waals surface area (Å²) in [6, 6.07) is 54.9. The molecule has 0 unspecified atom stereocenters. The number of aromatic nitrogens is 3. The van der Waals surface area contributed by atoms with Crippen LogP contribution in [0.25, 0.3) is 112 Å². The SMILES string of the molecule is c1ccc2cc(-c3nc4c(nc3-n3c5ccccc5c5c6ccccc6c6c7ccc8ccccc8c7sc6c53)sc3ccccc34)ccc2c1. The number of hydrogen-bond donors (Lipinski definition) is 0. The molecule has 0 fully saturated rings. The second kappa shape index (κ2) is 10.2. The van der Waals surface area contributed by atoms with Gasteiger partial charge < -0.3 is 0 Å². The Balaban J connectivity index is 1.32. The van der Waals surface area contributed by atoms with Crippen LogP contribution in [0.2, 0.25) is 0 Å². The Morgan fingerprint density at radius 1 is 0.451 bits per heavy atom. The van der Waals surface area contributed by atoms with E-state index in [1.54, 1.807) is 11.3 Å². The van der Waals surface area contributed by atoms with Crippen LogP contribution < -0.4 is 0 Å². The van der Waals surface area contributed by atoms with Crippen LogP contribution in [-0.2, 0) is 0 Å². The Kier molecular flexibility index (Phi) is 5.53. The highest BCUT2D eigenvalue weighted by Gasteiger charge is 2.26. The first-order valence-corrected chi connectivity index (χ1v) is 18.8. The van der Waals surface area contributed by atoms with Crippen LogP contribution in [0.3, 0.4) is 0 Å². The summed E-state index contributed by atoms with van der Waals surface area (Å²) in [6.45, 7) is 0.